The molecule has 0 radical (unpaired) electrons. The lowest BCUT2D eigenvalue weighted by molar-refractivity contribution is 0.0658. The van der Waals surface area contributed by atoms with Crippen molar-refractivity contribution in [2.75, 3.05) is 32.8 Å². The number of halogens is 1. The van der Waals surface area contributed by atoms with Gasteiger partial charge < -0.3 is 15.4 Å². The van der Waals surface area contributed by atoms with Gasteiger partial charge in [0.2, 0.25) is 0 Å². The van der Waals surface area contributed by atoms with Crippen LogP contribution in [0, 0.1) is 5.92 Å². The number of likely N-dealkylation sites (tertiary alicyclic amines) is 1. The van der Waals surface area contributed by atoms with Crippen molar-refractivity contribution in [1.82, 2.24) is 4.90 Å². The molecule has 2 unspecified atom stereocenters. The van der Waals surface area contributed by atoms with E-state index < -0.39 is 0 Å². The quantitative estimate of drug-likeness (QED) is 0.787. The van der Waals surface area contributed by atoms with Crippen molar-refractivity contribution in [2.24, 2.45) is 11.7 Å². The molecule has 0 aromatic carbocycles. The summed E-state index contributed by atoms with van der Waals surface area (Å²) in [5.41, 5.74) is 5.80. The lowest BCUT2D eigenvalue weighted by atomic mass is 9.98. The molecule has 1 aliphatic heterocycles. The van der Waals surface area contributed by atoms with E-state index in [0.29, 0.717) is 6.04 Å². The summed E-state index contributed by atoms with van der Waals surface area (Å²) in [4.78, 5) is 2.47. The maximum atomic E-state index is 5.80. The molecule has 0 saturated carbocycles. The zero-order valence-electron chi connectivity index (χ0n) is 9.95. The summed E-state index contributed by atoms with van der Waals surface area (Å²) in [5, 5.41) is 0. The predicted molar refractivity (Wildman–Crippen MR) is 66.6 cm³/mol. The van der Waals surface area contributed by atoms with E-state index in [1.807, 2.05) is 0 Å². The Bertz CT molecular complexity index is 156. The maximum absolute atomic E-state index is 5.80. The normalized spacial score (nSPS) is 24.6. The van der Waals surface area contributed by atoms with Crippen LogP contribution < -0.4 is 5.73 Å². The van der Waals surface area contributed by atoms with Crippen LogP contribution in [-0.2, 0) is 4.74 Å². The molecule has 0 aliphatic carbocycles. The highest BCUT2D eigenvalue weighted by molar-refractivity contribution is 5.85. The second-order valence-corrected chi connectivity index (χ2v) is 4.40. The molecule has 3 nitrogen and oxygen atoms in total. The van der Waals surface area contributed by atoms with E-state index in [0.717, 1.165) is 25.7 Å². The Morgan fingerprint density at radius 3 is 2.87 bits per heavy atom. The Kier molecular flexibility index (Phi) is 8.43. The van der Waals surface area contributed by atoms with Crippen LogP contribution in [0.4, 0.5) is 0 Å². The highest BCUT2D eigenvalue weighted by atomic mass is 35.5. The first-order valence-corrected chi connectivity index (χ1v) is 5.78. The summed E-state index contributed by atoms with van der Waals surface area (Å²) in [6, 6.07) is 0.292. The molecule has 1 saturated heterocycles. The zero-order valence-corrected chi connectivity index (χ0v) is 10.8. The fourth-order valence-corrected chi connectivity index (χ4v) is 2.14. The highest BCUT2D eigenvalue weighted by Gasteiger charge is 2.20. The van der Waals surface area contributed by atoms with Crippen molar-refractivity contribution < 1.29 is 4.74 Å². The van der Waals surface area contributed by atoms with Crippen LogP contribution in [-0.4, -0.2) is 43.8 Å². The molecule has 92 valence electrons. The molecule has 1 fully saturated rings. The van der Waals surface area contributed by atoms with Crippen molar-refractivity contribution >= 4 is 12.4 Å². The molecule has 2 N–H and O–H groups in total. The molecule has 0 aromatic heterocycles. The second-order valence-electron chi connectivity index (χ2n) is 4.40. The standard InChI is InChI=1S/C11H24N2O.ClH/c1-3-14-9-11-5-4-6-13(8-11)7-10(2)12;/h10-11H,3-9,12H2,1-2H3;1H. The third-order valence-electron chi connectivity index (χ3n) is 2.71. The van der Waals surface area contributed by atoms with E-state index in [1.165, 1.54) is 25.9 Å². The van der Waals surface area contributed by atoms with Gasteiger partial charge in [0, 0.05) is 25.7 Å². The fraction of sp³-hybridized carbons (Fsp3) is 1.00. The van der Waals surface area contributed by atoms with Gasteiger partial charge in [-0.05, 0) is 39.2 Å². The van der Waals surface area contributed by atoms with Gasteiger partial charge in [-0.25, -0.2) is 0 Å². The molecular formula is C11H25ClN2O. The summed E-state index contributed by atoms with van der Waals surface area (Å²) < 4.78 is 5.47. The molecule has 15 heavy (non-hydrogen) atoms. The molecular weight excluding hydrogens is 212 g/mol. The molecule has 0 amide bonds. The summed E-state index contributed by atoms with van der Waals surface area (Å²) in [7, 11) is 0. The van der Waals surface area contributed by atoms with Crippen LogP contribution in [0.3, 0.4) is 0 Å². The Morgan fingerprint density at radius 1 is 1.53 bits per heavy atom. The smallest absolute Gasteiger partial charge is 0.0506 e. The van der Waals surface area contributed by atoms with Crippen molar-refractivity contribution in [3.05, 3.63) is 0 Å². The average molecular weight is 237 g/mol. The first-order chi connectivity index (χ1) is 6.72. The van der Waals surface area contributed by atoms with Gasteiger partial charge in [0.15, 0.2) is 0 Å². The minimum absolute atomic E-state index is 0. The van der Waals surface area contributed by atoms with Crippen LogP contribution in [0.5, 0.6) is 0 Å². The number of hydrogen-bond donors (Lipinski definition) is 1. The van der Waals surface area contributed by atoms with E-state index in [2.05, 4.69) is 18.7 Å². The van der Waals surface area contributed by atoms with Crippen LogP contribution >= 0.6 is 12.4 Å². The van der Waals surface area contributed by atoms with Crippen molar-refractivity contribution in [1.29, 1.82) is 0 Å². The van der Waals surface area contributed by atoms with Gasteiger partial charge in [-0.1, -0.05) is 0 Å². The zero-order chi connectivity index (χ0) is 10.4. The molecule has 0 aromatic rings. The molecule has 4 heteroatoms. The average Bonchev–Trinajstić information content (AvgIpc) is 2.14. The number of piperidine rings is 1. The van der Waals surface area contributed by atoms with Crippen LogP contribution in [0.25, 0.3) is 0 Å². The maximum Gasteiger partial charge on any atom is 0.0506 e. The SMILES string of the molecule is CCOCC1CCCN(CC(C)N)C1.Cl. The third-order valence-corrected chi connectivity index (χ3v) is 2.71. The lowest BCUT2D eigenvalue weighted by Gasteiger charge is -2.33. The van der Waals surface area contributed by atoms with Gasteiger partial charge in [0.1, 0.15) is 0 Å². The largest absolute Gasteiger partial charge is 0.381 e. The van der Waals surface area contributed by atoms with Crippen LogP contribution in [0.1, 0.15) is 26.7 Å². The van der Waals surface area contributed by atoms with E-state index in [9.17, 15) is 0 Å². The van der Waals surface area contributed by atoms with E-state index in [4.69, 9.17) is 10.5 Å². The fourth-order valence-electron chi connectivity index (χ4n) is 2.14. The summed E-state index contributed by atoms with van der Waals surface area (Å²) in [5.74, 6) is 0.724. The number of rotatable bonds is 5. The lowest BCUT2D eigenvalue weighted by Crippen LogP contribution is -2.42. The molecule has 0 bridgehead atoms. The Morgan fingerprint density at radius 2 is 2.27 bits per heavy atom. The van der Waals surface area contributed by atoms with Gasteiger partial charge in [-0.2, -0.15) is 0 Å². The second kappa shape index (κ2) is 8.34. The van der Waals surface area contributed by atoms with Crippen molar-refractivity contribution in [3.63, 3.8) is 0 Å². The molecule has 1 heterocycles. The highest BCUT2D eigenvalue weighted by Crippen LogP contribution is 2.16. The van der Waals surface area contributed by atoms with Crippen molar-refractivity contribution in [2.45, 2.75) is 32.7 Å². The number of hydrogen-bond acceptors (Lipinski definition) is 3. The first kappa shape index (κ1) is 15.2. The number of nitrogens with two attached hydrogens (primary N) is 1. The topological polar surface area (TPSA) is 38.5 Å². The van der Waals surface area contributed by atoms with Crippen molar-refractivity contribution in [3.8, 4) is 0 Å². The van der Waals surface area contributed by atoms with E-state index in [1.54, 1.807) is 0 Å². The van der Waals surface area contributed by atoms with Crippen LogP contribution in [0.2, 0.25) is 0 Å². The Labute approximate surface area is 99.7 Å². The van der Waals surface area contributed by atoms with Gasteiger partial charge >= 0.3 is 0 Å². The summed E-state index contributed by atoms with van der Waals surface area (Å²) in [6.07, 6.45) is 2.61. The van der Waals surface area contributed by atoms with E-state index in [-0.39, 0.29) is 12.4 Å². The summed E-state index contributed by atoms with van der Waals surface area (Å²) >= 11 is 0. The Balaban J connectivity index is 0.00000196. The monoisotopic (exact) mass is 236 g/mol. The molecule has 1 rings (SSSR count). The van der Waals surface area contributed by atoms with Crippen LogP contribution in [0.15, 0.2) is 0 Å². The Hall–Kier alpha value is 0.170. The van der Waals surface area contributed by atoms with Gasteiger partial charge in [0.25, 0.3) is 0 Å². The predicted octanol–water partition coefficient (Wildman–Crippen LogP) is 1.50. The number of ether oxygens (including phenoxy) is 1. The van der Waals surface area contributed by atoms with Gasteiger partial charge in [-0.3, -0.25) is 0 Å². The molecule has 1 aliphatic rings. The molecule has 2 atom stereocenters. The minimum Gasteiger partial charge on any atom is -0.381 e. The van der Waals surface area contributed by atoms with E-state index >= 15 is 0 Å². The van der Waals surface area contributed by atoms with Gasteiger partial charge in [-0.15, -0.1) is 12.4 Å². The molecule has 0 spiro atoms. The minimum atomic E-state index is 0. The summed E-state index contributed by atoms with van der Waals surface area (Å²) in [6.45, 7) is 9.30. The third kappa shape index (κ3) is 6.36. The first-order valence-electron chi connectivity index (χ1n) is 5.78. The van der Waals surface area contributed by atoms with Gasteiger partial charge in [0.05, 0.1) is 6.61 Å². The number of nitrogens with zero attached hydrogens (tertiary/aromatic N) is 1.